The summed E-state index contributed by atoms with van der Waals surface area (Å²) < 4.78 is 47.5. The van der Waals surface area contributed by atoms with Crippen LogP contribution < -0.4 is 15.0 Å². The highest BCUT2D eigenvalue weighted by molar-refractivity contribution is 7.91. The summed E-state index contributed by atoms with van der Waals surface area (Å²) in [5.74, 6) is 3.49. The molecule has 0 amide bonds. The number of hydrogen-bond acceptors (Lipinski definition) is 9. The van der Waals surface area contributed by atoms with Gasteiger partial charge in [0.2, 0.25) is 0 Å². The van der Waals surface area contributed by atoms with E-state index in [4.69, 9.17) is 21.1 Å². The lowest BCUT2D eigenvalue weighted by molar-refractivity contribution is -0.00119. The summed E-state index contributed by atoms with van der Waals surface area (Å²) >= 11 is 0. The Kier molecular flexibility index (Phi) is 6.75. The molecule has 9 nitrogen and oxygen atoms in total. The zero-order valence-corrected chi connectivity index (χ0v) is 27.5. The average molecular weight is 668 g/mol. The van der Waals surface area contributed by atoms with Crippen LogP contribution in [-0.4, -0.2) is 91.3 Å². The minimum Gasteiger partial charge on any atom is -0.508 e. The van der Waals surface area contributed by atoms with E-state index >= 15 is 4.39 Å². The molecule has 1 aliphatic carbocycles. The molecule has 2 N–H and O–H groups in total. The predicted molar refractivity (Wildman–Crippen MR) is 184 cm³/mol. The number of terminal acetylenes is 1. The molecule has 5 aliphatic rings. The molecule has 9 rings (SSSR count). The van der Waals surface area contributed by atoms with Gasteiger partial charge in [0.25, 0.3) is 0 Å². The van der Waals surface area contributed by atoms with Crippen molar-refractivity contribution in [2.75, 3.05) is 55.7 Å². The highest BCUT2D eigenvalue weighted by Gasteiger charge is 2.54. The van der Waals surface area contributed by atoms with Gasteiger partial charge in [0.15, 0.2) is 15.7 Å². The van der Waals surface area contributed by atoms with Gasteiger partial charge in [-0.25, -0.2) is 12.8 Å². The highest BCUT2D eigenvalue weighted by Crippen LogP contribution is 2.50. The van der Waals surface area contributed by atoms with Gasteiger partial charge < -0.3 is 25.0 Å². The van der Waals surface area contributed by atoms with E-state index in [1.54, 1.807) is 18.2 Å². The first-order chi connectivity index (χ1) is 23.1. The molecule has 0 radical (unpaired) electrons. The Morgan fingerprint density at radius 2 is 1.85 bits per heavy atom. The number of aromatic hydroxyl groups is 1. The monoisotopic (exact) mass is 667 g/mol. The number of rotatable bonds is 7. The first kappa shape index (κ1) is 30.1. The maximum absolute atomic E-state index is 16.9. The molecular weight excluding hydrogens is 630 g/mol. The van der Waals surface area contributed by atoms with Gasteiger partial charge in [-0.2, -0.15) is 9.97 Å². The highest BCUT2D eigenvalue weighted by atomic mass is 32.2. The van der Waals surface area contributed by atoms with Crippen molar-refractivity contribution in [3.05, 3.63) is 53.8 Å². The number of nitrogens with one attached hydrogen (secondary N) is 1. The number of sulfone groups is 1. The summed E-state index contributed by atoms with van der Waals surface area (Å²) in [6.45, 7) is 4.42. The van der Waals surface area contributed by atoms with Crippen molar-refractivity contribution in [3.8, 4) is 35.2 Å². The number of halogens is 1. The lowest BCUT2D eigenvalue weighted by Gasteiger charge is -2.48. The van der Waals surface area contributed by atoms with Gasteiger partial charge in [0.05, 0.1) is 18.1 Å². The maximum Gasteiger partial charge on any atom is 0.319 e. The number of aromatic nitrogens is 2. The van der Waals surface area contributed by atoms with Crippen molar-refractivity contribution in [2.24, 2.45) is 10.8 Å². The van der Waals surface area contributed by atoms with Gasteiger partial charge in [0.1, 0.15) is 17.1 Å². The Balaban J connectivity index is 1.06. The number of ether oxygens (including phenoxy) is 1. The Morgan fingerprint density at radius 1 is 1.06 bits per heavy atom. The van der Waals surface area contributed by atoms with Gasteiger partial charge in [-0.3, -0.25) is 0 Å². The molecular formula is C37H38FN5O4S. The lowest BCUT2D eigenvalue weighted by atomic mass is 9.79. The fourth-order valence-electron chi connectivity index (χ4n) is 8.82. The Morgan fingerprint density at radius 3 is 2.56 bits per heavy atom. The quantitative estimate of drug-likeness (QED) is 0.276. The Bertz CT molecular complexity index is 2130. The summed E-state index contributed by atoms with van der Waals surface area (Å²) in [5.41, 5.74) is 1.46. The van der Waals surface area contributed by atoms with Crippen molar-refractivity contribution in [1.29, 1.82) is 0 Å². The number of phenols is 1. The van der Waals surface area contributed by atoms with E-state index in [9.17, 15) is 13.5 Å². The normalized spacial score (nSPS) is 25.0. The molecule has 4 saturated heterocycles. The molecule has 4 aromatic rings. The maximum atomic E-state index is 16.9. The van der Waals surface area contributed by atoms with E-state index in [0.29, 0.717) is 63.5 Å². The van der Waals surface area contributed by atoms with Crippen LogP contribution in [0.3, 0.4) is 0 Å². The van der Waals surface area contributed by atoms with Crippen LogP contribution in [0.1, 0.15) is 37.7 Å². The van der Waals surface area contributed by atoms with E-state index in [0.717, 1.165) is 70.2 Å². The number of benzene rings is 3. The molecule has 5 fully saturated rings. The zero-order valence-electron chi connectivity index (χ0n) is 26.7. The van der Waals surface area contributed by atoms with Gasteiger partial charge in [-0.1, -0.05) is 24.1 Å². The number of phenolic OH excluding ortho intramolecular Hbond substituents is 1. The average Bonchev–Trinajstić information content (AvgIpc) is 3.63. The minimum absolute atomic E-state index is 0.0206. The van der Waals surface area contributed by atoms with E-state index in [1.807, 2.05) is 24.3 Å². The molecule has 1 aromatic heterocycles. The second-order valence-electron chi connectivity index (χ2n) is 15.0. The number of nitrogens with zero attached hydrogens (tertiary/aromatic N) is 4. The molecule has 1 saturated carbocycles. The largest absolute Gasteiger partial charge is 0.508 e. The molecule has 2 atom stereocenters. The zero-order chi connectivity index (χ0) is 32.8. The number of fused-ring (bicyclic) bond motifs is 4. The topological polar surface area (TPSA) is 108 Å². The number of hydrogen-bond donors (Lipinski definition) is 2. The molecule has 2 unspecified atom stereocenters. The van der Waals surface area contributed by atoms with E-state index < -0.39 is 15.7 Å². The van der Waals surface area contributed by atoms with E-state index in [-0.39, 0.29) is 28.1 Å². The van der Waals surface area contributed by atoms with Gasteiger partial charge in [-0.05, 0) is 67.3 Å². The van der Waals surface area contributed by atoms with E-state index in [2.05, 4.69) is 21.0 Å². The first-order valence-corrected chi connectivity index (χ1v) is 18.7. The summed E-state index contributed by atoms with van der Waals surface area (Å²) in [5, 5.41) is 16.3. The van der Waals surface area contributed by atoms with Crippen LogP contribution in [0.25, 0.3) is 32.8 Å². The number of likely N-dealkylation sites (tertiary alicyclic amines) is 1. The SMILES string of the molecule is C#Cc1cccc2cc(O)cc(-c3ccc4c(N5CC6CCC(C5)N6)nc(OCC5(CN6CC7(CCS(=O)(=O)C7)C6)CC5)nc4c3F)c12. The third-order valence-corrected chi connectivity index (χ3v) is 13.2. The van der Waals surface area contributed by atoms with Crippen molar-refractivity contribution in [3.63, 3.8) is 0 Å². The van der Waals surface area contributed by atoms with Crippen molar-refractivity contribution in [2.45, 2.75) is 44.2 Å². The molecule has 11 heteroatoms. The third kappa shape index (κ3) is 5.16. The van der Waals surface area contributed by atoms with Crippen LogP contribution in [0.5, 0.6) is 11.8 Å². The van der Waals surface area contributed by atoms with Gasteiger partial charge in [-0.15, -0.1) is 6.42 Å². The molecule has 2 bridgehead atoms. The smallest absolute Gasteiger partial charge is 0.319 e. The first-order valence-electron chi connectivity index (χ1n) is 16.9. The van der Waals surface area contributed by atoms with Crippen LogP contribution in [0.15, 0.2) is 42.5 Å². The summed E-state index contributed by atoms with van der Waals surface area (Å²) in [7, 11) is -2.92. The van der Waals surface area contributed by atoms with Crippen LogP contribution in [0, 0.1) is 29.0 Å². The Labute approximate surface area is 279 Å². The van der Waals surface area contributed by atoms with Crippen molar-refractivity contribution >= 4 is 37.3 Å². The van der Waals surface area contributed by atoms with Crippen LogP contribution in [0.2, 0.25) is 0 Å². The third-order valence-electron chi connectivity index (χ3n) is 11.3. The summed E-state index contributed by atoms with van der Waals surface area (Å²) in [6.07, 6.45) is 10.8. The second-order valence-corrected chi connectivity index (χ2v) is 17.2. The van der Waals surface area contributed by atoms with E-state index in [1.165, 1.54) is 0 Å². The lowest BCUT2D eigenvalue weighted by Crippen LogP contribution is -2.58. The van der Waals surface area contributed by atoms with Crippen LogP contribution in [-0.2, 0) is 9.84 Å². The van der Waals surface area contributed by atoms with Crippen LogP contribution >= 0.6 is 0 Å². The van der Waals surface area contributed by atoms with Crippen molar-refractivity contribution < 1.29 is 22.7 Å². The standard InChI is InChI=1S/C37H38FN5O4S/c1-2-23-4-3-5-24-14-27(44)15-30(31(23)24)28-8-9-29-33(32(28)38)40-35(41-34(29)43-16-25-6-7-26(17-43)39-25)47-21-36(10-11-36)18-42-19-37(20-42)12-13-48(45,46)22-37/h1,3-5,8-9,14-15,25-26,39,44H,6-7,10-13,16-22H2. The fourth-order valence-corrected chi connectivity index (χ4v) is 11.0. The molecule has 1 spiro atoms. The number of piperazine rings is 1. The summed E-state index contributed by atoms with van der Waals surface area (Å²) in [6, 6.07) is 13.1. The van der Waals surface area contributed by atoms with Gasteiger partial charge in [0, 0.05) is 77.5 Å². The van der Waals surface area contributed by atoms with Crippen molar-refractivity contribution in [1.82, 2.24) is 20.2 Å². The summed E-state index contributed by atoms with van der Waals surface area (Å²) in [4.78, 5) is 14.2. The minimum atomic E-state index is -2.92. The predicted octanol–water partition coefficient (Wildman–Crippen LogP) is 4.50. The second kappa shape index (κ2) is 10.8. The van der Waals surface area contributed by atoms with Gasteiger partial charge >= 0.3 is 6.01 Å². The molecule has 4 aliphatic heterocycles. The fraction of sp³-hybridized carbons (Fsp3) is 0.459. The van der Waals surface area contributed by atoms with Crippen LogP contribution in [0.4, 0.5) is 10.2 Å². The number of anilines is 1. The molecule has 48 heavy (non-hydrogen) atoms. The molecule has 5 heterocycles. The molecule has 248 valence electrons. The molecule has 3 aromatic carbocycles. The Hall–Kier alpha value is -3.98.